The predicted octanol–water partition coefficient (Wildman–Crippen LogP) is 6.78. The lowest BCUT2D eigenvalue weighted by Gasteiger charge is -2.22. The minimum absolute atomic E-state index is 0.0172. The highest BCUT2D eigenvalue weighted by Crippen LogP contribution is 2.37. The number of pyridine rings is 1. The summed E-state index contributed by atoms with van der Waals surface area (Å²) >= 11 is 6.70. The molecule has 2 aromatic heterocycles. The van der Waals surface area contributed by atoms with Crippen LogP contribution in [0.1, 0.15) is 47.8 Å². The van der Waals surface area contributed by atoms with Crippen molar-refractivity contribution in [2.75, 3.05) is 10.6 Å². The summed E-state index contributed by atoms with van der Waals surface area (Å²) in [5.74, 6) is -0.328. The second-order valence-electron chi connectivity index (χ2n) is 8.55. The molecule has 5 aromatic rings. The molecule has 0 unspecified atom stereocenters. The molecule has 0 spiro atoms. The monoisotopic (exact) mass is 511 g/mol. The smallest absolute Gasteiger partial charge is 0.123 e. The van der Waals surface area contributed by atoms with E-state index in [2.05, 4.69) is 56.2 Å². The number of nitrogens with zero attached hydrogens (tertiary/aromatic N) is 4. The number of benzene rings is 3. The molecule has 2 heterocycles. The molecule has 37 heavy (non-hydrogen) atoms. The van der Waals surface area contributed by atoms with Crippen LogP contribution in [0.5, 0.6) is 0 Å². The van der Waals surface area contributed by atoms with E-state index < -0.39 is 6.04 Å². The fourth-order valence-electron chi connectivity index (χ4n) is 4.36. The Labute approximate surface area is 218 Å². The van der Waals surface area contributed by atoms with Gasteiger partial charge < -0.3 is 10.6 Å². The van der Waals surface area contributed by atoms with Crippen LogP contribution in [0.2, 0.25) is 5.02 Å². The normalized spacial score (nSPS) is 12.6. The first-order chi connectivity index (χ1) is 18.1. The number of anilines is 2. The van der Waals surface area contributed by atoms with Gasteiger partial charge in [0.1, 0.15) is 17.6 Å². The number of fused-ring (bicyclic) bond motifs is 1. The first-order valence-electron chi connectivity index (χ1n) is 11.8. The van der Waals surface area contributed by atoms with Crippen molar-refractivity contribution >= 4 is 33.9 Å². The molecule has 3 aromatic carbocycles. The second kappa shape index (κ2) is 10.6. The Hall–Kier alpha value is -4.48. The number of H-pyrrole nitrogens is 1. The summed E-state index contributed by atoms with van der Waals surface area (Å²) < 4.78 is 13.6. The van der Waals surface area contributed by atoms with E-state index in [-0.39, 0.29) is 11.9 Å². The molecule has 0 saturated heterocycles. The number of halogens is 2. The highest BCUT2D eigenvalue weighted by molar-refractivity contribution is 6.35. The van der Waals surface area contributed by atoms with E-state index in [4.69, 9.17) is 11.6 Å². The zero-order valence-corrected chi connectivity index (χ0v) is 20.7. The summed E-state index contributed by atoms with van der Waals surface area (Å²) in [7, 11) is 0. The van der Waals surface area contributed by atoms with Crippen molar-refractivity contribution < 1.29 is 4.39 Å². The molecule has 0 saturated carbocycles. The minimum atomic E-state index is -0.427. The summed E-state index contributed by atoms with van der Waals surface area (Å²) in [5.41, 5.74) is 4.87. The molecular weight excluding hydrogens is 489 g/mol. The van der Waals surface area contributed by atoms with Crippen molar-refractivity contribution in [2.45, 2.75) is 25.4 Å². The van der Waals surface area contributed by atoms with Gasteiger partial charge in [0.25, 0.3) is 0 Å². The second-order valence-corrected chi connectivity index (χ2v) is 8.96. The Bertz CT molecular complexity index is 1550. The molecule has 7 nitrogen and oxygen atoms in total. The molecule has 0 aliphatic rings. The van der Waals surface area contributed by atoms with Crippen molar-refractivity contribution in [1.82, 2.24) is 20.4 Å². The van der Waals surface area contributed by atoms with E-state index >= 15 is 0 Å². The van der Waals surface area contributed by atoms with E-state index in [1.165, 1.54) is 18.3 Å². The molecule has 0 aliphatic carbocycles. The number of aromatic amines is 1. The van der Waals surface area contributed by atoms with E-state index in [1.807, 2.05) is 24.3 Å². The van der Waals surface area contributed by atoms with E-state index in [9.17, 15) is 9.65 Å². The van der Waals surface area contributed by atoms with Gasteiger partial charge in [-0.1, -0.05) is 61.0 Å². The SMILES string of the molecule is CC[C@@H](Nc1c(C#N)cnc2c(Cl)cc(N[C@@H](c3ccc(F)cc3)c3cn[nH]n3)cc12)c1ccccc1. The number of hydrogen-bond donors (Lipinski definition) is 3. The highest BCUT2D eigenvalue weighted by Gasteiger charge is 2.20. The number of nitrogens with one attached hydrogen (secondary N) is 3. The van der Waals surface area contributed by atoms with Gasteiger partial charge in [-0.15, -0.1) is 0 Å². The molecule has 3 N–H and O–H groups in total. The molecule has 0 fully saturated rings. The van der Waals surface area contributed by atoms with Crippen molar-refractivity contribution in [2.24, 2.45) is 0 Å². The lowest BCUT2D eigenvalue weighted by molar-refractivity contribution is 0.626. The Morgan fingerprint density at radius 1 is 1.03 bits per heavy atom. The van der Waals surface area contributed by atoms with Crippen molar-refractivity contribution in [3.8, 4) is 6.07 Å². The fraction of sp³-hybridized carbons (Fsp3) is 0.143. The average molecular weight is 512 g/mol. The molecule has 0 radical (unpaired) electrons. The van der Waals surface area contributed by atoms with Crippen LogP contribution in [-0.4, -0.2) is 20.4 Å². The molecular formula is C28H23ClFN7. The molecule has 184 valence electrons. The maximum Gasteiger partial charge on any atom is 0.123 e. The van der Waals surface area contributed by atoms with Gasteiger partial charge in [-0.05, 0) is 41.8 Å². The van der Waals surface area contributed by atoms with Crippen molar-refractivity contribution in [3.05, 3.63) is 112 Å². The summed E-state index contributed by atoms with van der Waals surface area (Å²) in [6.07, 6.45) is 3.96. The third-order valence-electron chi connectivity index (χ3n) is 6.22. The lowest BCUT2D eigenvalue weighted by atomic mass is 10.0. The summed E-state index contributed by atoms with van der Waals surface area (Å²) in [4.78, 5) is 4.46. The van der Waals surface area contributed by atoms with E-state index in [1.54, 1.807) is 24.4 Å². The van der Waals surface area contributed by atoms with Gasteiger partial charge in [0.15, 0.2) is 0 Å². The van der Waals surface area contributed by atoms with Crippen LogP contribution < -0.4 is 10.6 Å². The standard InChI is InChI=1S/C28H23ClFN7/c1-2-24(17-6-4-3-5-7-17)35-26-19(14-31)15-32-28-22(26)12-21(13-23(28)29)34-27(25-16-33-37-36-25)18-8-10-20(30)11-9-18/h3-13,15-16,24,27,34H,2H2,1H3,(H,32,35)(H,33,36,37)/t24-,27+/m1/s1. The van der Waals surface area contributed by atoms with E-state index in [0.717, 1.165) is 17.5 Å². The van der Waals surface area contributed by atoms with Gasteiger partial charge in [0.05, 0.1) is 40.1 Å². The molecule has 0 amide bonds. The molecule has 0 aliphatic heterocycles. The van der Waals surface area contributed by atoms with Gasteiger partial charge in [-0.3, -0.25) is 4.98 Å². The number of aromatic nitrogens is 4. The minimum Gasteiger partial charge on any atom is -0.377 e. The maximum absolute atomic E-state index is 13.6. The Kier molecular flexibility index (Phi) is 6.97. The third kappa shape index (κ3) is 5.08. The van der Waals surface area contributed by atoms with Gasteiger partial charge in [0.2, 0.25) is 0 Å². The predicted molar refractivity (Wildman–Crippen MR) is 143 cm³/mol. The number of hydrogen-bond acceptors (Lipinski definition) is 6. The molecule has 0 bridgehead atoms. The maximum atomic E-state index is 13.6. The largest absolute Gasteiger partial charge is 0.377 e. The van der Waals surface area contributed by atoms with Crippen LogP contribution in [-0.2, 0) is 0 Å². The third-order valence-corrected chi connectivity index (χ3v) is 6.51. The van der Waals surface area contributed by atoms with Gasteiger partial charge in [-0.2, -0.15) is 20.7 Å². The van der Waals surface area contributed by atoms with Crippen LogP contribution in [0.25, 0.3) is 10.9 Å². The van der Waals surface area contributed by atoms with Crippen LogP contribution >= 0.6 is 11.6 Å². The van der Waals surface area contributed by atoms with Crippen LogP contribution in [0.15, 0.2) is 79.1 Å². The summed E-state index contributed by atoms with van der Waals surface area (Å²) in [6.45, 7) is 2.09. The van der Waals surface area contributed by atoms with Crippen LogP contribution in [0.4, 0.5) is 15.8 Å². The van der Waals surface area contributed by atoms with Crippen molar-refractivity contribution in [3.63, 3.8) is 0 Å². The lowest BCUT2D eigenvalue weighted by Crippen LogP contribution is -2.14. The highest BCUT2D eigenvalue weighted by atomic mass is 35.5. The summed E-state index contributed by atoms with van der Waals surface area (Å²) in [6, 6.07) is 21.8. The van der Waals surface area contributed by atoms with Crippen molar-refractivity contribution in [1.29, 1.82) is 5.26 Å². The van der Waals surface area contributed by atoms with Crippen LogP contribution in [0.3, 0.4) is 0 Å². The Morgan fingerprint density at radius 3 is 2.49 bits per heavy atom. The first kappa shape index (κ1) is 24.2. The zero-order valence-electron chi connectivity index (χ0n) is 19.9. The van der Waals surface area contributed by atoms with Crippen LogP contribution in [0, 0.1) is 17.1 Å². The zero-order chi connectivity index (χ0) is 25.8. The topological polar surface area (TPSA) is 102 Å². The quantitative estimate of drug-likeness (QED) is 0.212. The molecule has 2 atom stereocenters. The Morgan fingerprint density at radius 2 is 1.81 bits per heavy atom. The van der Waals surface area contributed by atoms with Gasteiger partial charge in [0, 0.05) is 17.3 Å². The fourth-order valence-corrected chi connectivity index (χ4v) is 4.63. The first-order valence-corrected chi connectivity index (χ1v) is 12.2. The Balaban J connectivity index is 1.59. The number of rotatable bonds is 8. The van der Waals surface area contributed by atoms with Gasteiger partial charge >= 0.3 is 0 Å². The number of nitriles is 1. The molecule has 9 heteroatoms. The molecule has 5 rings (SSSR count). The summed E-state index contributed by atoms with van der Waals surface area (Å²) in [5, 5.41) is 28.8. The van der Waals surface area contributed by atoms with Gasteiger partial charge in [-0.25, -0.2) is 4.39 Å². The van der Waals surface area contributed by atoms with E-state index in [0.29, 0.717) is 38.6 Å². The average Bonchev–Trinajstić information content (AvgIpc) is 3.46.